The van der Waals surface area contributed by atoms with Gasteiger partial charge >= 0.3 is 0 Å². The molecule has 24 heavy (non-hydrogen) atoms. The first kappa shape index (κ1) is 17.9. The monoisotopic (exact) mass is 330 g/mol. The van der Waals surface area contributed by atoms with E-state index in [1.165, 1.54) is 12.1 Å². The third-order valence-corrected chi connectivity index (χ3v) is 3.64. The normalized spacial score (nSPS) is 10.4. The Labute approximate surface area is 142 Å². The Hall–Kier alpha value is -2.40. The van der Waals surface area contributed by atoms with E-state index in [0.29, 0.717) is 26.1 Å². The van der Waals surface area contributed by atoms with E-state index in [-0.39, 0.29) is 11.7 Å². The van der Waals surface area contributed by atoms with Gasteiger partial charge in [0, 0.05) is 26.1 Å². The molecule has 2 rings (SSSR count). The molecule has 2 N–H and O–H groups in total. The van der Waals surface area contributed by atoms with Crippen LogP contribution in [0.2, 0.25) is 0 Å². The minimum absolute atomic E-state index is 0.0181. The van der Waals surface area contributed by atoms with Gasteiger partial charge in [0.25, 0.3) is 0 Å². The molecule has 0 bridgehead atoms. The lowest BCUT2D eigenvalue weighted by atomic mass is 10.1. The lowest BCUT2D eigenvalue weighted by molar-refractivity contribution is -0.120. The van der Waals surface area contributed by atoms with Gasteiger partial charge in [-0.1, -0.05) is 24.3 Å². The summed E-state index contributed by atoms with van der Waals surface area (Å²) in [5.41, 5.74) is 2.12. The summed E-state index contributed by atoms with van der Waals surface area (Å²) in [7, 11) is 1.64. The molecular formula is C19H23FN2O2. The Morgan fingerprint density at radius 1 is 1.08 bits per heavy atom. The Bertz CT molecular complexity index is 644. The molecule has 0 aliphatic rings. The first-order valence-electron chi connectivity index (χ1n) is 8.02. The first-order valence-corrected chi connectivity index (χ1v) is 8.02. The maximum Gasteiger partial charge on any atom is 0.221 e. The predicted octanol–water partition coefficient (Wildman–Crippen LogP) is 2.67. The van der Waals surface area contributed by atoms with Gasteiger partial charge in [0.2, 0.25) is 5.91 Å². The van der Waals surface area contributed by atoms with Gasteiger partial charge < -0.3 is 15.4 Å². The molecule has 0 aliphatic carbocycles. The highest BCUT2D eigenvalue weighted by molar-refractivity contribution is 5.76. The van der Waals surface area contributed by atoms with E-state index in [9.17, 15) is 9.18 Å². The van der Waals surface area contributed by atoms with Crippen molar-refractivity contribution in [1.29, 1.82) is 0 Å². The van der Waals surface area contributed by atoms with E-state index in [1.807, 2.05) is 24.3 Å². The average molecular weight is 330 g/mol. The van der Waals surface area contributed by atoms with Crippen molar-refractivity contribution >= 4 is 5.91 Å². The van der Waals surface area contributed by atoms with Crippen molar-refractivity contribution in [2.24, 2.45) is 0 Å². The van der Waals surface area contributed by atoms with Crippen molar-refractivity contribution in [2.75, 3.05) is 20.2 Å². The van der Waals surface area contributed by atoms with E-state index < -0.39 is 0 Å². The second-order valence-corrected chi connectivity index (χ2v) is 5.50. The molecule has 2 aromatic rings. The molecule has 0 atom stereocenters. The van der Waals surface area contributed by atoms with Crippen molar-refractivity contribution in [3.8, 4) is 5.75 Å². The zero-order valence-corrected chi connectivity index (χ0v) is 13.8. The molecule has 1 amide bonds. The first-order chi connectivity index (χ1) is 11.7. The third-order valence-electron chi connectivity index (χ3n) is 3.64. The zero-order valence-electron chi connectivity index (χ0n) is 13.8. The van der Waals surface area contributed by atoms with Crippen LogP contribution in [0.25, 0.3) is 0 Å². The standard InChI is InChI=1S/C19H23FN2O2/c1-24-18-4-2-3-15(13-18)9-12-22-19(23)10-11-21-14-16-5-7-17(20)8-6-16/h2-8,13,21H,9-12,14H2,1H3,(H,22,23). The van der Waals surface area contributed by atoms with E-state index in [4.69, 9.17) is 4.74 Å². The van der Waals surface area contributed by atoms with Crippen LogP contribution in [0.3, 0.4) is 0 Å². The lowest BCUT2D eigenvalue weighted by Crippen LogP contribution is -2.29. The number of amides is 1. The minimum atomic E-state index is -0.242. The molecule has 0 unspecified atom stereocenters. The van der Waals surface area contributed by atoms with E-state index in [0.717, 1.165) is 23.3 Å². The van der Waals surface area contributed by atoms with Crippen molar-refractivity contribution in [1.82, 2.24) is 10.6 Å². The van der Waals surface area contributed by atoms with Crippen LogP contribution in [0.1, 0.15) is 17.5 Å². The fraction of sp³-hybridized carbons (Fsp3) is 0.316. The summed E-state index contributed by atoms with van der Waals surface area (Å²) in [5.74, 6) is 0.600. The quantitative estimate of drug-likeness (QED) is 0.695. The highest BCUT2D eigenvalue weighted by Crippen LogP contribution is 2.12. The van der Waals surface area contributed by atoms with E-state index >= 15 is 0 Å². The average Bonchev–Trinajstić information content (AvgIpc) is 2.60. The SMILES string of the molecule is COc1cccc(CCNC(=O)CCNCc2ccc(F)cc2)c1. The van der Waals surface area contributed by atoms with Crippen molar-refractivity contribution in [2.45, 2.75) is 19.4 Å². The molecule has 128 valence electrons. The molecule has 2 aromatic carbocycles. The van der Waals surface area contributed by atoms with Gasteiger partial charge in [-0.3, -0.25) is 4.79 Å². The lowest BCUT2D eigenvalue weighted by Gasteiger charge is -2.08. The number of benzene rings is 2. The van der Waals surface area contributed by atoms with Gasteiger partial charge in [0.15, 0.2) is 0 Å². The smallest absolute Gasteiger partial charge is 0.221 e. The van der Waals surface area contributed by atoms with Crippen LogP contribution >= 0.6 is 0 Å². The number of halogens is 1. The topological polar surface area (TPSA) is 50.4 Å². The summed E-state index contributed by atoms with van der Waals surface area (Å²) in [5, 5.41) is 6.08. The maximum absolute atomic E-state index is 12.8. The summed E-state index contributed by atoms with van der Waals surface area (Å²) in [6, 6.07) is 14.2. The summed E-state index contributed by atoms with van der Waals surface area (Å²) < 4.78 is 18.0. The number of rotatable bonds is 9. The van der Waals surface area contributed by atoms with Crippen LogP contribution in [-0.4, -0.2) is 26.1 Å². The third kappa shape index (κ3) is 6.38. The van der Waals surface area contributed by atoms with Crippen LogP contribution < -0.4 is 15.4 Å². The predicted molar refractivity (Wildman–Crippen MR) is 92.4 cm³/mol. The molecule has 0 saturated carbocycles. The second kappa shape index (κ2) is 9.67. The van der Waals surface area contributed by atoms with Gasteiger partial charge in [-0.25, -0.2) is 4.39 Å². The van der Waals surface area contributed by atoms with E-state index in [2.05, 4.69) is 10.6 Å². The molecule has 4 nitrogen and oxygen atoms in total. The fourth-order valence-corrected chi connectivity index (χ4v) is 2.30. The van der Waals surface area contributed by atoms with Gasteiger partial charge in [0.1, 0.15) is 11.6 Å². The van der Waals surface area contributed by atoms with Crippen molar-refractivity contribution < 1.29 is 13.9 Å². The summed E-state index contributed by atoms with van der Waals surface area (Å²) in [6.07, 6.45) is 1.19. The molecule has 0 aliphatic heterocycles. The van der Waals surface area contributed by atoms with Gasteiger partial charge in [-0.15, -0.1) is 0 Å². The fourth-order valence-electron chi connectivity index (χ4n) is 2.30. The molecule has 0 saturated heterocycles. The number of nitrogens with one attached hydrogen (secondary N) is 2. The summed E-state index contributed by atoms with van der Waals surface area (Å²) in [6.45, 7) is 1.81. The molecule has 0 radical (unpaired) electrons. The van der Waals surface area contributed by atoms with E-state index in [1.54, 1.807) is 19.2 Å². The molecule has 0 fully saturated rings. The summed E-state index contributed by atoms with van der Waals surface area (Å²) in [4.78, 5) is 11.8. The van der Waals surface area contributed by atoms with Crippen molar-refractivity contribution in [3.63, 3.8) is 0 Å². The number of hydrogen-bond acceptors (Lipinski definition) is 3. The Balaban J connectivity index is 1.58. The number of hydrogen-bond donors (Lipinski definition) is 2. The minimum Gasteiger partial charge on any atom is -0.497 e. The van der Waals surface area contributed by atoms with Crippen LogP contribution in [0.15, 0.2) is 48.5 Å². The molecule has 0 aromatic heterocycles. The van der Waals surface area contributed by atoms with Crippen LogP contribution in [0.4, 0.5) is 4.39 Å². The Morgan fingerprint density at radius 2 is 1.88 bits per heavy atom. The van der Waals surface area contributed by atoms with Crippen LogP contribution in [0, 0.1) is 5.82 Å². The number of methoxy groups -OCH3 is 1. The van der Waals surface area contributed by atoms with Crippen LogP contribution in [-0.2, 0) is 17.8 Å². The number of ether oxygens (including phenoxy) is 1. The summed E-state index contributed by atoms with van der Waals surface area (Å²) >= 11 is 0. The van der Waals surface area contributed by atoms with Gasteiger partial charge in [-0.05, 0) is 41.8 Å². The highest BCUT2D eigenvalue weighted by Gasteiger charge is 2.02. The van der Waals surface area contributed by atoms with Gasteiger partial charge in [-0.2, -0.15) is 0 Å². The van der Waals surface area contributed by atoms with Gasteiger partial charge in [0.05, 0.1) is 7.11 Å². The van der Waals surface area contributed by atoms with Crippen molar-refractivity contribution in [3.05, 3.63) is 65.5 Å². The molecule has 0 heterocycles. The maximum atomic E-state index is 12.8. The zero-order chi connectivity index (χ0) is 17.2. The largest absolute Gasteiger partial charge is 0.497 e. The molecular weight excluding hydrogens is 307 g/mol. The number of carbonyl (C=O) groups excluding carboxylic acids is 1. The number of carbonyl (C=O) groups is 1. The molecule has 5 heteroatoms. The second-order valence-electron chi connectivity index (χ2n) is 5.50. The molecule has 0 spiro atoms. The Kier molecular flexibility index (Phi) is 7.23. The Morgan fingerprint density at radius 3 is 2.62 bits per heavy atom. The highest BCUT2D eigenvalue weighted by atomic mass is 19.1. The van der Waals surface area contributed by atoms with Crippen LogP contribution in [0.5, 0.6) is 5.75 Å².